The molecule has 1 amide bonds. The van der Waals surface area contributed by atoms with Gasteiger partial charge in [0.05, 0.1) is 12.6 Å². The second-order valence-electron chi connectivity index (χ2n) is 5.54. The SMILES string of the molecule is CC1CCCN(C(=O)OC(C)(C)C)C1CO. The van der Waals surface area contributed by atoms with E-state index in [9.17, 15) is 9.90 Å². The largest absolute Gasteiger partial charge is 0.444 e. The second kappa shape index (κ2) is 5.04. The fourth-order valence-electron chi connectivity index (χ4n) is 2.07. The Labute approximate surface area is 97.6 Å². The molecular weight excluding hydrogens is 206 g/mol. The molecule has 2 unspecified atom stereocenters. The summed E-state index contributed by atoms with van der Waals surface area (Å²) in [5.74, 6) is 0.339. The van der Waals surface area contributed by atoms with Crippen LogP contribution in [0, 0.1) is 5.92 Å². The van der Waals surface area contributed by atoms with Crippen molar-refractivity contribution in [1.82, 2.24) is 4.90 Å². The molecule has 1 aliphatic heterocycles. The zero-order valence-electron chi connectivity index (χ0n) is 10.7. The van der Waals surface area contributed by atoms with Gasteiger partial charge in [0, 0.05) is 6.54 Å². The van der Waals surface area contributed by atoms with E-state index in [0.717, 1.165) is 12.8 Å². The van der Waals surface area contributed by atoms with Crippen molar-refractivity contribution >= 4 is 6.09 Å². The van der Waals surface area contributed by atoms with Crippen LogP contribution in [0.25, 0.3) is 0 Å². The fourth-order valence-corrected chi connectivity index (χ4v) is 2.07. The number of hydrogen-bond donors (Lipinski definition) is 1. The summed E-state index contributed by atoms with van der Waals surface area (Å²) in [7, 11) is 0. The highest BCUT2D eigenvalue weighted by Gasteiger charge is 2.33. The maximum absolute atomic E-state index is 11.9. The van der Waals surface area contributed by atoms with Crippen LogP contribution >= 0.6 is 0 Å². The third-order valence-electron chi connectivity index (χ3n) is 2.93. The van der Waals surface area contributed by atoms with E-state index in [-0.39, 0.29) is 18.7 Å². The molecule has 0 aromatic rings. The molecule has 0 aliphatic carbocycles. The molecule has 0 saturated carbocycles. The van der Waals surface area contributed by atoms with Gasteiger partial charge in [-0.05, 0) is 39.5 Å². The van der Waals surface area contributed by atoms with Crippen molar-refractivity contribution in [3.05, 3.63) is 0 Å². The summed E-state index contributed by atoms with van der Waals surface area (Å²) in [6, 6.07) is -0.0939. The van der Waals surface area contributed by atoms with Crippen LogP contribution in [0.5, 0.6) is 0 Å². The number of amides is 1. The highest BCUT2D eigenvalue weighted by atomic mass is 16.6. The Morgan fingerprint density at radius 1 is 1.50 bits per heavy atom. The molecule has 16 heavy (non-hydrogen) atoms. The van der Waals surface area contributed by atoms with Crippen LogP contribution in [0.1, 0.15) is 40.5 Å². The van der Waals surface area contributed by atoms with Gasteiger partial charge in [0.2, 0.25) is 0 Å². The molecule has 1 N–H and O–H groups in total. The Kier molecular flexibility index (Phi) is 4.19. The zero-order valence-corrected chi connectivity index (χ0v) is 10.7. The van der Waals surface area contributed by atoms with Crippen molar-refractivity contribution in [2.24, 2.45) is 5.92 Å². The quantitative estimate of drug-likeness (QED) is 0.748. The van der Waals surface area contributed by atoms with Crippen molar-refractivity contribution in [2.45, 2.75) is 52.2 Å². The van der Waals surface area contributed by atoms with Crippen molar-refractivity contribution in [3.8, 4) is 0 Å². The molecule has 0 radical (unpaired) electrons. The zero-order chi connectivity index (χ0) is 12.3. The van der Waals surface area contributed by atoms with Crippen LogP contribution in [0.2, 0.25) is 0 Å². The van der Waals surface area contributed by atoms with Crippen molar-refractivity contribution in [1.29, 1.82) is 0 Å². The lowest BCUT2D eigenvalue weighted by molar-refractivity contribution is -0.00893. The van der Waals surface area contributed by atoms with Crippen molar-refractivity contribution in [2.75, 3.05) is 13.2 Å². The lowest BCUT2D eigenvalue weighted by atomic mass is 9.92. The minimum atomic E-state index is -0.474. The number of aliphatic hydroxyl groups is 1. The van der Waals surface area contributed by atoms with Gasteiger partial charge in [-0.15, -0.1) is 0 Å². The van der Waals surface area contributed by atoms with Crippen LogP contribution in [-0.2, 0) is 4.74 Å². The molecule has 1 fully saturated rings. The van der Waals surface area contributed by atoms with E-state index in [0.29, 0.717) is 12.5 Å². The number of piperidine rings is 1. The Hall–Kier alpha value is -0.770. The summed E-state index contributed by atoms with van der Waals surface area (Å²) in [5.41, 5.74) is -0.474. The van der Waals surface area contributed by atoms with E-state index in [4.69, 9.17) is 4.74 Å². The smallest absolute Gasteiger partial charge is 0.410 e. The maximum Gasteiger partial charge on any atom is 0.410 e. The fraction of sp³-hybridized carbons (Fsp3) is 0.917. The van der Waals surface area contributed by atoms with E-state index >= 15 is 0 Å². The van der Waals surface area contributed by atoms with Gasteiger partial charge < -0.3 is 14.7 Å². The Balaban J connectivity index is 2.66. The lowest BCUT2D eigenvalue weighted by Gasteiger charge is -2.39. The third kappa shape index (κ3) is 3.37. The number of hydrogen-bond acceptors (Lipinski definition) is 3. The van der Waals surface area contributed by atoms with E-state index < -0.39 is 5.60 Å². The predicted molar refractivity (Wildman–Crippen MR) is 62.2 cm³/mol. The van der Waals surface area contributed by atoms with E-state index in [1.54, 1.807) is 4.90 Å². The van der Waals surface area contributed by atoms with Crippen LogP contribution < -0.4 is 0 Å². The number of nitrogens with zero attached hydrogens (tertiary/aromatic N) is 1. The molecular formula is C12H23NO3. The first-order valence-electron chi connectivity index (χ1n) is 5.95. The van der Waals surface area contributed by atoms with Crippen LogP contribution in [0.3, 0.4) is 0 Å². The summed E-state index contributed by atoms with van der Waals surface area (Å²) in [6.45, 7) is 8.33. The van der Waals surface area contributed by atoms with Gasteiger partial charge in [-0.3, -0.25) is 0 Å². The molecule has 0 spiro atoms. The number of carbonyl (C=O) groups excluding carboxylic acids is 1. The molecule has 1 rings (SSSR count). The summed E-state index contributed by atoms with van der Waals surface area (Å²) in [6.07, 6.45) is 1.74. The van der Waals surface area contributed by atoms with Gasteiger partial charge in [0.15, 0.2) is 0 Å². The Morgan fingerprint density at radius 3 is 2.62 bits per heavy atom. The summed E-state index contributed by atoms with van der Waals surface area (Å²) in [4.78, 5) is 13.6. The first-order chi connectivity index (χ1) is 7.35. The molecule has 1 saturated heterocycles. The molecule has 0 aromatic heterocycles. The first kappa shape index (κ1) is 13.3. The van der Waals surface area contributed by atoms with Gasteiger partial charge in [-0.2, -0.15) is 0 Å². The average molecular weight is 229 g/mol. The average Bonchev–Trinajstić information content (AvgIpc) is 2.14. The first-order valence-corrected chi connectivity index (χ1v) is 5.95. The minimum absolute atomic E-state index is 0.0143. The number of ether oxygens (including phenoxy) is 1. The predicted octanol–water partition coefficient (Wildman–Crippen LogP) is 2.01. The third-order valence-corrected chi connectivity index (χ3v) is 2.93. The highest BCUT2D eigenvalue weighted by molar-refractivity contribution is 5.68. The monoisotopic (exact) mass is 229 g/mol. The molecule has 1 heterocycles. The second-order valence-corrected chi connectivity index (χ2v) is 5.54. The van der Waals surface area contributed by atoms with E-state index in [1.807, 2.05) is 20.8 Å². The molecule has 4 nitrogen and oxygen atoms in total. The Morgan fingerprint density at radius 2 is 2.12 bits per heavy atom. The number of likely N-dealkylation sites (tertiary alicyclic amines) is 1. The summed E-state index contributed by atoms with van der Waals surface area (Å²) < 4.78 is 5.33. The van der Waals surface area contributed by atoms with Gasteiger partial charge in [0.1, 0.15) is 5.60 Å². The minimum Gasteiger partial charge on any atom is -0.444 e. The normalized spacial score (nSPS) is 26.7. The van der Waals surface area contributed by atoms with Crippen molar-refractivity contribution < 1.29 is 14.6 Å². The lowest BCUT2D eigenvalue weighted by Crippen LogP contribution is -2.51. The van der Waals surface area contributed by atoms with E-state index in [2.05, 4.69) is 6.92 Å². The standard InChI is InChI=1S/C12H23NO3/c1-9-6-5-7-13(10(9)8-14)11(15)16-12(2,3)4/h9-10,14H,5-8H2,1-4H3. The molecule has 2 atom stereocenters. The summed E-state index contributed by atoms with van der Waals surface area (Å²) in [5, 5.41) is 9.33. The molecule has 1 aliphatic rings. The van der Waals surface area contributed by atoms with Gasteiger partial charge in [-0.1, -0.05) is 6.92 Å². The highest BCUT2D eigenvalue weighted by Crippen LogP contribution is 2.24. The number of rotatable bonds is 1. The van der Waals surface area contributed by atoms with Crippen molar-refractivity contribution in [3.63, 3.8) is 0 Å². The molecule has 94 valence electrons. The van der Waals surface area contributed by atoms with Gasteiger partial charge in [-0.25, -0.2) is 4.79 Å². The van der Waals surface area contributed by atoms with Gasteiger partial charge in [0.25, 0.3) is 0 Å². The van der Waals surface area contributed by atoms with Gasteiger partial charge >= 0.3 is 6.09 Å². The van der Waals surface area contributed by atoms with Crippen LogP contribution in [0.4, 0.5) is 4.79 Å². The number of carbonyl (C=O) groups is 1. The maximum atomic E-state index is 11.9. The topological polar surface area (TPSA) is 49.8 Å². The van der Waals surface area contributed by atoms with Crippen LogP contribution in [-0.4, -0.2) is 40.9 Å². The van der Waals surface area contributed by atoms with E-state index in [1.165, 1.54) is 0 Å². The molecule has 0 aromatic carbocycles. The number of aliphatic hydroxyl groups excluding tert-OH is 1. The Bertz CT molecular complexity index is 247. The summed E-state index contributed by atoms with van der Waals surface area (Å²) >= 11 is 0. The van der Waals surface area contributed by atoms with Crippen LogP contribution in [0.15, 0.2) is 0 Å². The molecule has 4 heteroatoms. The molecule has 0 bridgehead atoms.